The SMILES string of the molecule is CCC(C)OCc1cc(C(=O)O)co1. The molecule has 14 heavy (non-hydrogen) atoms. The lowest BCUT2D eigenvalue weighted by Crippen LogP contribution is -2.05. The van der Waals surface area contributed by atoms with Crippen molar-refractivity contribution in [3.05, 3.63) is 23.7 Å². The number of carboxylic acid groups (broad SMARTS) is 1. The summed E-state index contributed by atoms with van der Waals surface area (Å²) in [6.07, 6.45) is 2.30. The first-order chi connectivity index (χ1) is 6.63. The Labute approximate surface area is 82.5 Å². The lowest BCUT2D eigenvalue weighted by Gasteiger charge is -2.07. The lowest BCUT2D eigenvalue weighted by atomic mass is 10.3. The summed E-state index contributed by atoms with van der Waals surface area (Å²) in [5.41, 5.74) is 0.160. The van der Waals surface area contributed by atoms with Crippen LogP contribution in [0.1, 0.15) is 36.4 Å². The average molecular weight is 198 g/mol. The van der Waals surface area contributed by atoms with Gasteiger partial charge in [0.05, 0.1) is 11.7 Å². The van der Waals surface area contributed by atoms with Crippen molar-refractivity contribution in [3.8, 4) is 0 Å². The Bertz CT molecular complexity index is 303. The Kier molecular flexibility index (Phi) is 3.71. The van der Waals surface area contributed by atoms with Crippen molar-refractivity contribution in [2.45, 2.75) is 33.0 Å². The fourth-order valence-electron chi connectivity index (χ4n) is 0.911. The van der Waals surface area contributed by atoms with Crippen LogP contribution in [0, 0.1) is 0 Å². The van der Waals surface area contributed by atoms with Crippen LogP contribution >= 0.6 is 0 Å². The molecule has 0 bridgehead atoms. The van der Waals surface area contributed by atoms with E-state index in [0.717, 1.165) is 6.42 Å². The smallest absolute Gasteiger partial charge is 0.338 e. The molecular weight excluding hydrogens is 184 g/mol. The van der Waals surface area contributed by atoms with Gasteiger partial charge in [-0.05, 0) is 19.4 Å². The molecule has 78 valence electrons. The van der Waals surface area contributed by atoms with Gasteiger partial charge in [0, 0.05) is 0 Å². The first-order valence-corrected chi connectivity index (χ1v) is 4.55. The first kappa shape index (κ1) is 10.8. The van der Waals surface area contributed by atoms with Gasteiger partial charge in [-0.3, -0.25) is 0 Å². The molecule has 1 heterocycles. The third-order valence-electron chi connectivity index (χ3n) is 1.99. The van der Waals surface area contributed by atoms with Crippen molar-refractivity contribution in [2.24, 2.45) is 0 Å². The topological polar surface area (TPSA) is 59.7 Å². The zero-order chi connectivity index (χ0) is 10.6. The van der Waals surface area contributed by atoms with Gasteiger partial charge in [0.2, 0.25) is 0 Å². The van der Waals surface area contributed by atoms with Crippen molar-refractivity contribution >= 4 is 5.97 Å². The fourth-order valence-corrected chi connectivity index (χ4v) is 0.911. The summed E-state index contributed by atoms with van der Waals surface area (Å²) in [5, 5.41) is 8.62. The van der Waals surface area contributed by atoms with Gasteiger partial charge in [0.1, 0.15) is 18.6 Å². The van der Waals surface area contributed by atoms with E-state index in [-0.39, 0.29) is 11.7 Å². The molecule has 1 N–H and O–H groups in total. The number of furan rings is 1. The maximum atomic E-state index is 10.5. The summed E-state index contributed by atoms with van der Waals surface area (Å²) in [6.45, 7) is 4.30. The molecule has 1 unspecified atom stereocenters. The van der Waals surface area contributed by atoms with Gasteiger partial charge in [0.25, 0.3) is 0 Å². The van der Waals surface area contributed by atoms with E-state index < -0.39 is 5.97 Å². The second-order valence-electron chi connectivity index (χ2n) is 3.14. The van der Waals surface area contributed by atoms with Crippen molar-refractivity contribution in [1.82, 2.24) is 0 Å². The number of carbonyl (C=O) groups is 1. The van der Waals surface area contributed by atoms with Gasteiger partial charge in [-0.15, -0.1) is 0 Å². The zero-order valence-corrected chi connectivity index (χ0v) is 8.32. The van der Waals surface area contributed by atoms with Crippen molar-refractivity contribution in [1.29, 1.82) is 0 Å². The van der Waals surface area contributed by atoms with E-state index in [9.17, 15) is 4.79 Å². The van der Waals surface area contributed by atoms with E-state index in [2.05, 4.69) is 0 Å². The number of aromatic carboxylic acids is 1. The van der Waals surface area contributed by atoms with E-state index in [4.69, 9.17) is 14.3 Å². The highest BCUT2D eigenvalue weighted by Gasteiger charge is 2.08. The predicted octanol–water partition coefficient (Wildman–Crippen LogP) is 2.29. The number of hydrogen-bond acceptors (Lipinski definition) is 3. The molecule has 0 saturated carbocycles. The van der Waals surface area contributed by atoms with Crippen LogP contribution in [-0.2, 0) is 11.3 Å². The fraction of sp³-hybridized carbons (Fsp3) is 0.500. The molecule has 0 amide bonds. The Hall–Kier alpha value is -1.29. The molecular formula is C10H14O4. The second kappa shape index (κ2) is 4.81. The minimum atomic E-state index is -0.983. The summed E-state index contributed by atoms with van der Waals surface area (Å²) in [5.74, 6) is -0.439. The van der Waals surface area contributed by atoms with Gasteiger partial charge in [-0.2, -0.15) is 0 Å². The summed E-state index contributed by atoms with van der Waals surface area (Å²) < 4.78 is 10.4. The molecule has 1 aromatic rings. The molecule has 4 heteroatoms. The van der Waals surface area contributed by atoms with Crippen LogP contribution in [0.25, 0.3) is 0 Å². The maximum Gasteiger partial charge on any atom is 0.338 e. The van der Waals surface area contributed by atoms with E-state index in [0.29, 0.717) is 12.4 Å². The van der Waals surface area contributed by atoms with E-state index in [1.54, 1.807) is 0 Å². The Morgan fingerprint density at radius 1 is 1.71 bits per heavy atom. The molecule has 1 rings (SSSR count). The van der Waals surface area contributed by atoms with Crippen LogP contribution in [0.3, 0.4) is 0 Å². The number of ether oxygens (including phenoxy) is 1. The van der Waals surface area contributed by atoms with Crippen LogP contribution < -0.4 is 0 Å². The van der Waals surface area contributed by atoms with Crippen LogP contribution in [0.5, 0.6) is 0 Å². The summed E-state index contributed by atoms with van der Waals surface area (Å²) >= 11 is 0. The Morgan fingerprint density at radius 3 is 2.93 bits per heavy atom. The van der Waals surface area contributed by atoms with Gasteiger partial charge in [0.15, 0.2) is 0 Å². The first-order valence-electron chi connectivity index (χ1n) is 4.55. The van der Waals surface area contributed by atoms with Crippen LogP contribution in [0.15, 0.2) is 16.7 Å². The Balaban J connectivity index is 2.48. The molecule has 1 aromatic heterocycles. The normalized spacial score (nSPS) is 12.7. The minimum Gasteiger partial charge on any atom is -0.478 e. The highest BCUT2D eigenvalue weighted by molar-refractivity contribution is 5.87. The van der Waals surface area contributed by atoms with Crippen molar-refractivity contribution in [2.75, 3.05) is 0 Å². The predicted molar refractivity (Wildman–Crippen MR) is 50.2 cm³/mol. The van der Waals surface area contributed by atoms with Gasteiger partial charge in [-0.25, -0.2) is 4.79 Å². The molecule has 0 radical (unpaired) electrons. The molecule has 0 aliphatic rings. The highest BCUT2D eigenvalue weighted by Crippen LogP contribution is 2.10. The van der Waals surface area contributed by atoms with Gasteiger partial charge < -0.3 is 14.3 Å². The monoisotopic (exact) mass is 198 g/mol. The van der Waals surface area contributed by atoms with Crippen molar-refractivity contribution in [3.63, 3.8) is 0 Å². The number of hydrogen-bond donors (Lipinski definition) is 1. The molecule has 1 atom stereocenters. The number of rotatable bonds is 5. The van der Waals surface area contributed by atoms with E-state index >= 15 is 0 Å². The second-order valence-corrected chi connectivity index (χ2v) is 3.14. The zero-order valence-electron chi connectivity index (χ0n) is 8.32. The summed E-state index contributed by atoms with van der Waals surface area (Å²) in [4.78, 5) is 10.5. The molecule has 0 fully saturated rings. The van der Waals surface area contributed by atoms with Crippen LogP contribution in [0.2, 0.25) is 0 Å². The molecule has 0 aliphatic carbocycles. The standard InChI is InChI=1S/C10H14O4/c1-3-7(2)13-6-9-4-8(5-14-9)10(11)12/h4-5,7H,3,6H2,1-2H3,(H,11,12). The average Bonchev–Trinajstić information content (AvgIpc) is 2.62. The Morgan fingerprint density at radius 2 is 2.43 bits per heavy atom. The summed E-state index contributed by atoms with van der Waals surface area (Å²) in [6, 6.07) is 1.48. The summed E-state index contributed by atoms with van der Waals surface area (Å²) in [7, 11) is 0. The molecule has 0 aliphatic heterocycles. The van der Waals surface area contributed by atoms with Gasteiger partial charge >= 0.3 is 5.97 Å². The van der Waals surface area contributed by atoms with Crippen LogP contribution in [-0.4, -0.2) is 17.2 Å². The third-order valence-corrected chi connectivity index (χ3v) is 1.99. The quantitative estimate of drug-likeness (QED) is 0.788. The third kappa shape index (κ3) is 2.88. The van der Waals surface area contributed by atoms with Gasteiger partial charge in [-0.1, -0.05) is 6.92 Å². The van der Waals surface area contributed by atoms with E-state index in [1.165, 1.54) is 12.3 Å². The largest absolute Gasteiger partial charge is 0.478 e. The molecule has 0 spiro atoms. The lowest BCUT2D eigenvalue weighted by molar-refractivity contribution is 0.0406. The molecule has 0 saturated heterocycles. The van der Waals surface area contributed by atoms with Crippen molar-refractivity contribution < 1.29 is 19.1 Å². The maximum absolute atomic E-state index is 10.5. The highest BCUT2D eigenvalue weighted by atomic mass is 16.5. The molecule has 0 aromatic carbocycles. The minimum absolute atomic E-state index is 0.160. The van der Waals surface area contributed by atoms with Crippen LogP contribution in [0.4, 0.5) is 0 Å². The number of carboxylic acids is 1. The van der Waals surface area contributed by atoms with E-state index in [1.807, 2.05) is 13.8 Å². The molecule has 4 nitrogen and oxygen atoms in total.